The van der Waals surface area contributed by atoms with Gasteiger partial charge in [-0.05, 0) is 19.8 Å². The third kappa shape index (κ3) is 3.39. The molecule has 14 heavy (non-hydrogen) atoms. The van der Waals surface area contributed by atoms with Crippen molar-refractivity contribution in [1.29, 1.82) is 0 Å². The molecule has 2 atom stereocenters. The van der Waals surface area contributed by atoms with Crippen LogP contribution in [0.3, 0.4) is 0 Å². The first kappa shape index (κ1) is 11.7. The number of rotatable bonds is 5. The average Bonchev–Trinajstić information content (AvgIpc) is 2.59. The number of aromatic nitrogens is 1. The van der Waals surface area contributed by atoms with Gasteiger partial charge < -0.3 is 5.32 Å². The first-order valence-electron chi connectivity index (χ1n) is 5.28. The summed E-state index contributed by atoms with van der Waals surface area (Å²) >= 11 is 1.78. The summed E-state index contributed by atoms with van der Waals surface area (Å²) in [5.74, 6) is 0.732. The van der Waals surface area contributed by atoms with Gasteiger partial charge in [-0.3, -0.25) is 0 Å². The zero-order valence-corrected chi connectivity index (χ0v) is 10.3. The van der Waals surface area contributed by atoms with E-state index in [9.17, 15) is 0 Å². The van der Waals surface area contributed by atoms with E-state index in [4.69, 9.17) is 0 Å². The molecule has 0 aliphatic carbocycles. The van der Waals surface area contributed by atoms with Crippen LogP contribution in [0.15, 0.2) is 6.20 Å². The maximum Gasteiger partial charge on any atom is 0.107 e. The summed E-state index contributed by atoms with van der Waals surface area (Å²) in [6.45, 7) is 9.76. The van der Waals surface area contributed by atoms with Crippen molar-refractivity contribution in [3.8, 4) is 0 Å². The number of thiazole rings is 1. The second-order valence-corrected chi connectivity index (χ2v) is 5.24. The highest BCUT2D eigenvalue weighted by molar-refractivity contribution is 7.11. The Morgan fingerprint density at radius 1 is 1.50 bits per heavy atom. The Morgan fingerprint density at radius 3 is 2.71 bits per heavy atom. The van der Waals surface area contributed by atoms with Crippen molar-refractivity contribution in [3.05, 3.63) is 16.1 Å². The summed E-state index contributed by atoms with van der Waals surface area (Å²) < 4.78 is 0. The monoisotopic (exact) mass is 212 g/mol. The van der Waals surface area contributed by atoms with Crippen LogP contribution in [-0.2, 0) is 6.54 Å². The smallest absolute Gasteiger partial charge is 0.107 e. The number of hydrogen-bond donors (Lipinski definition) is 1. The number of hydrogen-bond acceptors (Lipinski definition) is 3. The van der Waals surface area contributed by atoms with Gasteiger partial charge in [0.15, 0.2) is 0 Å². The van der Waals surface area contributed by atoms with Crippen LogP contribution in [-0.4, -0.2) is 11.0 Å². The van der Waals surface area contributed by atoms with Crippen LogP contribution in [0.25, 0.3) is 0 Å². The fourth-order valence-corrected chi connectivity index (χ4v) is 2.02. The fourth-order valence-electron chi connectivity index (χ4n) is 1.29. The average molecular weight is 212 g/mol. The molecule has 80 valence electrons. The molecule has 3 heteroatoms. The molecule has 1 heterocycles. The molecule has 0 saturated carbocycles. The third-order valence-electron chi connectivity index (χ3n) is 2.74. The normalized spacial score (nSPS) is 15.4. The standard InChI is InChI=1S/C11H20N2S/c1-5-8(2)10(4)12-7-11-13-6-9(3)14-11/h6,8,10,12H,5,7H2,1-4H3. The topological polar surface area (TPSA) is 24.9 Å². The van der Waals surface area contributed by atoms with E-state index in [1.165, 1.54) is 16.3 Å². The molecule has 1 aromatic rings. The van der Waals surface area contributed by atoms with Crippen LogP contribution in [0.2, 0.25) is 0 Å². The van der Waals surface area contributed by atoms with Gasteiger partial charge >= 0.3 is 0 Å². The van der Waals surface area contributed by atoms with E-state index in [0.29, 0.717) is 6.04 Å². The minimum absolute atomic E-state index is 0.573. The van der Waals surface area contributed by atoms with Crippen molar-refractivity contribution < 1.29 is 0 Å². The predicted molar refractivity (Wildman–Crippen MR) is 62.6 cm³/mol. The first-order chi connectivity index (χ1) is 6.63. The molecule has 2 unspecified atom stereocenters. The zero-order chi connectivity index (χ0) is 10.6. The Labute approximate surface area is 90.8 Å². The summed E-state index contributed by atoms with van der Waals surface area (Å²) in [6, 6.07) is 0.573. The molecule has 0 bridgehead atoms. The molecule has 0 aromatic carbocycles. The number of nitrogens with one attached hydrogen (secondary N) is 1. The van der Waals surface area contributed by atoms with Gasteiger partial charge in [0, 0.05) is 23.7 Å². The fraction of sp³-hybridized carbons (Fsp3) is 0.727. The molecular formula is C11H20N2S. The van der Waals surface area contributed by atoms with E-state index in [0.717, 1.165) is 12.5 Å². The predicted octanol–water partition coefficient (Wildman–Crippen LogP) is 2.98. The van der Waals surface area contributed by atoms with E-state index in [-0.39, 0.29) is 0 Å². The van der Waals surface area contributed by atoms with Crippen LogP contribution >= 0.6 is 11.3 Å². The molecule has 0 saturated heterocycles. The number of aryl methyl sites for hydroxylation is 1. The largest absolute Gasteiger partial charge is 0.308 e. The van der Waals surface area contributed by atoms with Crippen molar-refractivity contribution in [1.82, 2.24) is 10.3 Å². The lowest BCUT2D eigenvalue weighted by Gasteiger charge is -2.18. The molecule has 0 aliphatic heterocycles. The second kappa shape index (κ2) is 5.47. The van der Waals surface area contributed by atoms with Gasteiger partial charge in [0.25, 0.3) is 0 Å². The number of nitrogens with zero attached hydrogens (tertiary/aromatic N) is 1. The molecule has 1 aromatic heterocycles. The lowest BCUT2D eigenvalue weighted by atomic mass is 10.0. The van der Waals surface area contributed by atoms with Gasteiger partial charge in [-0.2, -0.15) is 0 Å². The summed E-state index contributed by atoms with van der Waals surface area (Å²) in [4.78, 5) is 5.62. The lowest BCUT2D eigenvalue weighted by molar-refractivity contribution is 0.389. The van der Waals surface area contributed by atoms with Gasteiger partial charge in [-0.15, -0.1) is 11.3 Å². The first-order valence-corrected chi connectivity index (χ1v) is 6.09. The van der Waals surface area contributed by atoms with E-state index < -0.39 is 0 Å². The SMILES string of the molecule is CCC(C)C(C)NCc1ncc(C)s1. The minimum atomic E-state index is 0.573. The maximum absolute atomic E-state index is 4.33. The molecule has 0 aliphatic rings. The summed E-state index contributed by atoms with van der Waals surface area (Å²) in [5, 5.41) is 4.70. The van der Waals surface area contributed by atoms with Crippen molar-refractivity contribution in [2.75, 3.05) is 0 Å². The highest BCUT2D eigenvalue weighted by Crippen LogP contribution is 2.12. The van der Waals surface area contributed by atoms with Crippen molar-refractivity contribution in [2.45, 2.75) is 46.7 Å². The summed E-state index contributed by atoms with van der Waals surface area (Å²) in [5.41, 5.74) is 0. The lowest BCUT2D eigenvalue weighted by Crippen LogP contribution is -2.31. The van der Waals surface area contributed by atoms with Crippen LogP contribution in [0.4, 0.5) is 0 Å². The van der Waals surface area contributed by atoms with Crippen LogP contribution < -0.4 is 5.32 Å². The van der Waals surface area contributed by atoms with Gasteiger partial charge in [-0.1, -0.05) is 20.3 Å². The molecule has 1 rings (SSSR count). The molecule has 0 fully saturated rings. The van der Waals surface area contributed by atoms with Crippen LogP contribution in [0.1, 0.15) is 37.1 Å². The minimum Gasteiger partial charge on any atom is -0.308 e. The highest BCUT2D eigenvalue weighted by atomic mass is 32.1. The highest BCUT2D eigenvalue weighted by Gasteiger charge is 2.09. The van der Waals surface area contributed by atoms with E-state index in [2.05, 4.69) is 38.0 Å². The van der Waals surface area contributed by atoms with Crippen molar-refractivity contribution in [3.63, 3.8) is 0 Å². The molecule has 0 radical (unpaired) electrons. The molecule has 0 amide bonds. The van der Waals surface area contributed by atoms with Crippen LogP contribution in [0.5, 0.6) is 0 Å². The Balaban J connectivity index is 2.33. The van der Waals surface area contributed by atoms with Gasteiger partial charge in [0.1, 0.15) is 5.01 Å². The Kier molecular flexibility index (Phi) is 4.55. The Morgan fingerprint density at radius 2 is 2.21 bits per heavy atom. The summed E-state index contributed by atoms with van der Waals surface area (Å²) in [6.07, 6.45) is 3.17. The van der Waals surface area contributed by atoms with Gasteiger partial charge in [0.05, 0.1) is 0 Å². The van der Waals surface area contributed by atoms with E-state index >= 15 is 0 Å². The van der Waals surface area contributed by atoms with E-state index in [1.54, 1.807) is 11.3 Å². The third-order valence-corrected chi connectivity index (χ3v) is 3.65. The van der Waals surface area contributed by atoms with Crippen LogP contribution in [0, 0.1) is 12.8 Å². The Hall–Kier alpha value is -0.410. The molecule has 1 N–H and O–H groups in total. The molecule has 2 nitrogen and oxygen atoms in total. The van der Waals surface area contributed by atoms with Crippen molar-refractivity contribution >= 4 is 11.3 Å². The summed E-state index contributed by atoms with van der Waals surface area (Å²) in [7, 11) is 0. The zero-order valence-electron chi connectivity index (χ0n) is 9.50. The van der Waals surface area contributed by atoms with Gasteiger partial charge in [0.2, 0.25) is 0 Å². The van der Waals surface area contributed by atoms with E-state index in [1.807, 2.05) is 6.20 Å². The van der Waals surface area contributed by atoms with Crippen molar-refractivity contribution in [2.24, 2.45) is 5.92 Å². The molecule has 0 spiro atoms. The second-order valence-electron chi connectivity index (χ2n) is 3.92. The Bertz CT molecular complexity index is 270. The molecular weight excluding hydrogens is 192 g/mol. The quantitative estimate of drug-likeness (QED) is 0.811. The maximum atomic E-state index is 4.33. The van der Waals surface area contributed by atoms with Gasteiger partial charge in [-0.25, -0.2) is 4.98 Å².